The van der Waals surface area contributed by atoms with Gasteiger partial charge in [-0.1, -0.05) is 37.6 Å². The normalized spacial score (nSPS) is 15.8. The summed E-state index contributed by atoms with van der Waals surface area (Å²) in [6, 6.07) is 12.4. The van der Waals surface area contributed by atoms with Gasteiger partial charge in [0.25, 0.3) is 0 Å². The summed E-state index contributed by atoms with van der Waals surface area (Å²) in [6.07, 6.45) is 0. The van der Waals surface area contributed by atoms with Gasteiger partial charge in [0.1, 0.15) is 5.75 Å². The van der Waals surface area contributed by atoms with Crippen LogP contribution < -0.4 is 10.5 Å². The lowest BCUT2D eigenvalue weighted by Crippen LogP contribution is -2.18. The van der Waals surface area contributed by atoms with Crippen molar-refractivity contribution in [2.45, 2.75) is 25.8 Å². The van der Waals surface area contributed by atoms with Gasteiger partial charge < -0.3 is 10.5 Å². The highest BCUT2D eigenvalue weighted by molar-refractivity contribution is 6.31. The molecular formula is C17H18ClNO. The maximum atomic E-state index is 6.12. The number of hydrogen-bond acceptors (Lipinski definition) is 2. The quantitative estimate of drug-likeness (QED) is 0.901. The van der Waals surface area contributed by atoms with Crippen molar-refractivity contribution in [1.29, 1.82) is 0 Å². The Labute approximate surface area is 124 Å². The standard InChI is InChI=1S/C17H18ClNO/c1-17(2)10-20-16-6-4-12(8-14(16)17)11-3-5-15(18)13(7-11)9-19/h3-8H,9-10,19H2,1-2H3. The Bertz CT molecular complexity index is 664. The molecule has 2 aromatic carbocycles. The first-order valence-corrected chi connectivity index (χ1v) is 7.15. The van der Waals surface area contributed by atoms with Crippen LogP contribution in [-0.4, -0.2) is 6.61 Å². The average molecular weight is 288 g/mol. The van der Waals surface area contributed by atoms with Crippen LogP contribution >= 0.6 is 11.6 Å². The smallest absolute Gasteiger partial charge is 0.123 e. The first-order valence-electron chi connectivity index (χ1n) is 6.77. The summed E-state index contributed by atoms with van der Waals surface area (Å²) in [5.41, 5.74) is 10.3. The van der Waals surface area contributed by atoms with Crippen LogP contribution in [0, 0.1) is 0 Å². The van der Waals surface area contributed by atoms with Gasteiger partial charge in [0.2, 0.25) is 0 Å². The van der Waals surface area contributed by atoms with Crippen LogP contribution in [0.1, 0.15) is 25.0 Å². The highest BCUT2D eigenvalue weighted by Gasteiger charge is 2.31. The Morgan fingerprint density at radius 3 is 2.60 bits per heavy atom. The largest absolute Gasteiger partial charge is 0.492 e. The second-order valence-corrected chi connectivity index (χ2v) is 6.30. The molecule has 1 aliphatic heterocycles. The predicted octanol–water partition coefficient (Wildman–Crippen LogP) is 4.14. The second-order valence-electron chi connectivity index (χ2n) is 5.89. The average Bonchev–Trinajstić information content (AvgIpc) is 2.75. The Hall–Kier alpha value is -1.51. The van der Waals surface area contributed by atoms with Gasteiger partial charge in [-0.25, -0.2) is 0 Å². The van der Waals surface area contributed by atoms with Crippen molar-refractivity contribution >= 4 is 11.6 Å². The zero-order valence-corrected chi connectivity index (χ0v) is 12.5. The number of fused-ring (bicyclic) bond motifs is 1. The molecule has 0 fully saturated rings. The van der Waals surface area contributed by atoms with Gasteiger partial charge in [-0.3, -0.25) is 0 Å². The summed E-state index contributed by atoms with van der Waals surface area (Å²) in [4.78, 5) is 0. The lowest BCUT2D eigenvalue weighted by molar-refractivity contribution is 0.291. The van der Waals surface area contributed by atoms with E-state index in [0.29, 0.717) is 6.54 Å². The van der Waals surface area contributed by atoms with Crippen LogP contribution in [0.5, 0.6) is 5.75 Å². The van der Waals surface area contributed by atoms with Crippen molar-refractivity contribution in [2.24, 2.45) is 5.73 Å². The van der Waals surface area contributed by atoms with E-state index in [4.69, 9.17) is 22.1 Å². The van der Waals surface area contributed by atoms with E-state index >= 15 is 0 Å². The van der Waals surface area contributed by atoms with E-state index in [1.54, 1.807) is 0 Å². The van der Waals surface area contributed by atoms with Crippen LogP contribution in [0.15, 0.2) is 36.4 Å². The molecule has 0 spiro atoms. The third-order valence-electron chi connectivity index (χ3n) is 3.90. The molecule has 0 saturated heterocycles. The van der Waals surface area contributed by atoms with Crippen LogP contribution in [0.4, 0.5) is 0 Å². The number of nitrogens with two attached hydrogens (primary N) is 1. The zero-order chi connectivity index (χ0) is 14.3. The monoisotopic (exact) mass is 287 g/mol. The summed E-state index contributed by atoms with van der Waals surface area (Å²) >= 11 is 6.12. The molecule has 2 N–H and O–H groups in total. The zero-order valence-electron chi connectivity index (χ0n) is 11.7. The third kappa shape index (κ3) is 2.19. The third-order valence-corrected chi connectivity index (χ3v) is 4.26. The molecule has 3 rings (SSSR count). The van der Waals surface area contributed by atoms with Crippen molar-refractivity contribution in [1.82, 2.24) is 0 Å². The number of benzene rings is 2. The number of halogens is 1. The van der Waals surface area contributed by atoms with Gasteiger partial charge >= 0.3 is 0 Å². The van der Waals surface area contributed by atoms with Gasteiger partial charge in [-0.2, -0.15) is 0 Å². The fourth-order valence-electron chi connectivity index (χ4n) is 2.61. The minimum atomic E-state index is 0.0640. The fraction of sp³-hybridized carbons (Fsp3) is 0.294. The Kier molecular flexibility index (Phi) is 3.23. The molecule has 0 unspecified atom stereocenters. The van der Waals surface area contributed by atoms with E-state index in [0.717, 1.165) is 28.5 Å². The Morgan fingerprint density at radius 1 is 1.15 bits per heavy atom. The lowest BCUT2D eigenvalue weighted by atomic mass is 9.85. The maximum absolute atomic E-state index is 6.12. The molecular weight excluding hydrogens is 270 g/mol. The SMILES string of the molecule is CC1(C)COc2ccc(-c3ccc(Cl)c(CN)c3)cc21. The Balaban J connectivity index is 2.08. The van der Waals surface area contributed by atoms with Gasteiger partial charge in [-0.15, -0.1) is 0 Å². The molecule has 0 bridgehead atoms. The fourth-order valence-corrected chi connectivity index (χ4v) is 2.81. The second kappa shape index (κ2) is 4.80. The maximum Gasteiger partial charge on any atom is 0.123 e. The van der Waals surface area contributed by atoms with E-state index in [9.17, 15) is 0 Å². The minimum absolute atomic E-state index is 0.0640. The molecule has 1 heterocycles. The summed E-state index contributed by atoms with van der Waals surface area (Å²) in [5.74, 6) is 0.992. The van der Waals surface area contributed by atoms with Crippen molar-refractivity contribution in [2.75, 3.05) is 6.61 Å². The van der Waals surface area contributed by atoms with Crippen LogP contribution in [0.3, 0.4) is 0 Å². The number of ether oxygens (including phenoxy) is 1. The molecule has 3 heteroatoms. The summed E-state index contributed by atoms with van der Waals surface area (Å²) in [7, 11) is 0. The molecule has 20 heavy (non-hydrogen) atoms. The van der Waals surface area contributed by atoms with E-state index in [-0.39, 0.29) is 5.41 Å². The first-order chi connectivity index (χ1) is 9.51. The molecule has 0 atom stereocenters. The molecule has 0 saturated carbocycles. The van der Waals surface area contributed by atoms with Crippen molar-refractivity contribution in [3.8, 4) is 16.9 Å². The first kappa shape index (κ1) is 13.5. The van der Waals surface area contributed by atoms with E-state index in [2.05, 4.69) is 38.1 Å². The summed E-state index contributed by atoms with van der Waals surface area (Å²) in [6.45, 7) is 5.60. The molecule has 0 radical (unpaired) electrons. The van der Waals surface area contributed by atoms with Crippen LogP contribution in [0.2, 0.25) is 5.02 Å². The molecule has 2 aromatic rings. The van der Waals surface area contributed by atoms with E-state index in [1.807, 2.05) is 12.1 Å². The lowest BCUT2D eigenvalue weighted by Gasteiger charge is -2.16. The minimum Gasteiger partial charge on any atom is -0.492 e. The van der Waals surface area contributed by atoms with Crippen molar-refractivity contribution in [3.63, 3.8) is 0 Å². The summed E-state index contributed by atoms with van der Waals surface area (Å²) < 4.78 is 5.73. The molecule has 0 aromatic heterocycles. The molecule has 2 nitrogen and oxygen atoms in total. The van der Waals surface area contributed by atoms with Crippen LogP contribution in [0.25, 0.3) is 11.1 Å². The van der Waals surface area contributed by atoms with Crippen LogP contribution in [-0.2, 0) is 12.0 Å². The van der Waals surface area contributed by atoms with E-state index in [1.165, 1.54) is 11.1 Å². The van der Waals surface area contributed by atoms with Gasteiger partial charge in [-0.05, 0) is 41.0 Å². The molecule has 0 amide bonds. The predicted molar refractivity (Wildman–Crippen MR) is 83.3 cm³/mol. The highest BCUT2D eigenvalue weighted by Crippen LogP contribution is 2.40. The molecule has 104 valence electrons. The molecule has 1 aliphatic rings. The number of rotatable bonds is 2. The summed E-state index contributed by atoms with van der Waals surface area (Å²) in [5, 5.41) is 0.723. The Morgan fingerprint density at radius 2 is 1.85 bits per heavy atom. The topological polar surface area (TPSA) is 35.2 Å². The van der Waals surface area contributed by atoms with Gasteiger partial charge in [0, 0.05) is 22.5 Å². The van der Waals surface area contributed by atoms with Gasteiger partial charge in [0.05, 0.1) is 6.61 Å². The van der Waals surface area contributed by atoms with Gasteiger partial charge in [0.15, 0.2) is 0 Å². The highest BCUT2D eigenvalue weighted by atomic mass is 35.5. The number of hydrogen-bond donors (Lipinski definition) is 1. The van der Waals surface area contributed by atoms with Crippen molar-refractivity contribution < 1.29 is 4.74 Å². The van der Waals surface area contributed by atoms with Crippen molar-refractivity contribution in [3.05, 3.63) is 52.5 Å². The molecule has 0 aliphatic carbocycles. The van der Waals surface area contributed by atoms with E-state index < -0.39 is 0 Å².